The molecule has 1 unspecified atom stereocenters. The first-order valence-electron chi connectivity index (χ1n) is 4.56. The van der Waals surface area contributed by atoms with Crippen molar-refractivity contribution < 1.29 is 19.8 Å². The van der Waals surface area contributed by atoms with Crippen LogP contribution in [0.2, 0.25) is 0 Å². The number of carboxylic acids is 2. The molecule has 4 N–H and O–H groups in total. The summed E-state index contributed by atoms with van der Waals surface area (Å²) in [4.78, 5) is 21.5. The molecule has 5 nitrogen and oxygen atoms in total. The van der Waals surface area contributed by atoms with Gasteiger partial charge in [0, 0.05) is 5.70 Å². The van der Waals surface area contributed by atoms with Crippen LogP contribution in [0.25, 0.3) is 0 Å². The van der Waals surface area contributed by atoms with Crippen LogP contribution >= 0.6 is 0 Å². The predicted molar refractivity (Wildman–Crippen MR) is 55.1 cm³/mol. The van der Waals surface area contributed by atoms with Crippen LogP contribution in [-0.2, 0) is 9.59 Å². The molecule has 0 aliphatic heterocycles. The van der Waals surface area contributed by atoms with Crippen molar-refractivity contribution in [3.8, 4) is 0 Å². The van der Waals surface area contributed by atoms with Crippen LogP contribution in [0.15, 0.2) is 11.8 Å². The minimum atomic E-state index is -1.13. The van der Waals surface area contributed by atoms with Crippen molar-refractivity contribution in [1.29, 1.82) is 0 Å². The van der Waals surface area contributed by atoms with Crippen molar-refractivity contribution in [2.45, 2.75) is 27.2 Å². The van der Waals surface area contributed by atoms with Crippen molar-refractivity contribution in [1.82, 2.24) is 0 Å². The van der Waals surface area contributed by atoms with E-state index < -0.39 is 29.7 Å². The molecule has 0 heterocycles. The van der Waals surface area contributed by atoms with Gasteiger partial charge >= 0.3 is 11.9 Å². The molecule has 0 aliphatic rings. The summed E-state index contributed by atoms with van der Waals surface area (Å²) >= 11 is 0. The lowest BCUT2D eigenvalue weighted by molar-refractivity contribution is -0.151. The third-order valence-corrected chi connectivity index (χ3v) is 2.17. The molecule has 0 saturated heterocycles. The highest BCUT2D eigenvalue weighted by atomic mass is 16.4. The van der Waals surface area contributed by atoms with E-state index in [1.165, 1.54) is 0 Å². The van der Waals surface area contributed by atoms with Crippen LogP contribution in [0.5, 0.6) is 0 Å². The van der Waals surface area contributed by atoms with Crippen molar-refractivity contribution in [3.63, 3.8) is 0 Å². The number of aliphatic carboxylic acids is 2. The van der Waals surface area contributed by atoms with E-state index in [9.17, 15) is 9.59 Å². The van der Waals surface area contributed by atoms with Gasteiger partial charge < -0.3 is 15.9 Å². The largest absolute Gasteiger partial charge is 0.481 e. The molecule has 0 amide bonds. The Morgan fingerprint density at radius 2 is 1.87 bits per heavy atom. The Morgan fingerprint density at radius 1 is 1.40 bits per heavy atom. The predicted octanol–water partition coefficient (Wildman–Crippen LogP) is 1.05. The molecule has 5 heteroatoms. The minimum Gasteiger partial charge on any atom is -0.481 e. The Balaban J connectivity index is 4.98. The van der Waals surface area contributed by atoms with E-state index in [0.717, 1.165) is 0 Å². The highest BCUT2D eigenvalue weighted by Gasteiger charge is 2.35. The first-order valence-corrected chi connectivity index (χ1v) is 4.56. The highest BCUT2D eigenvalue weighted by molar-refractivity contribution is 5.78. The number of rotatable bonds is 5. The van der Waals surface area contributed by atoms with E-state index >= 15 is 0 Å². The molecule has 1 atom stereocenters. The van der Waals surface area contributed by atoms with E-state index in [0.29, 0.717) is 5.70 Å². The maximum atomic E-state index is 10.9. The van der Waals surface area contributed by atoms with Crippen LogP contribution < -0.4 is 5.73 Å². The summed E-state index contributed by atoms with van der Waals surface area (Å²) in [5.41, 5.74) is 5.18. The molecular formula is C10H17NO4. The van der Waals surface area contributed by atoms with Gasteiger partial charge in [-0.2, -0.15) is 0 Å². The number of nitrogens with two attached hydrogens (primary N) is 1. The number of carbonyl (C=O) groups is 2. The standard InChI is InChI=1S/C10H17NO4/c1-6(11)5-10(2,3)7(9(14)15)4-8(12)13/h5,7H,4,11H2,1-3H3,(H,12,13)(H,14,15)/b6-5+. The van der Waals surface area contributed by atoms with Crippen LogP contribution in [0.3, 0.4) is 0 Å². The van der Waals surface area contributed by atoms with E-state index in [-0.39, 0.29) is 0 Å². The fourth-order valence-electron chi connectivity index (χ4n) is 1.53. The fourth-order valence-corrected chi connectivity index (χ4v) is 1.53. The van der Waals surface area contributed by atoms with Crippen molar-refractivity contribution in [2.24, 2.45) is 17.1 Å². The first-order chi connectivity index (χ1) is 6.66. The summed E-state index contributed by atoms with van der Waals surface area (Å²) in [5.74, 6) is -3.23. The van der Waals surface area contributed by atoms with Gasteiger partial charge in [-0.1, -0.05) is 19.9 Å². The number of hydrogen-bond acceptors (Lipinski definition) is 3. The van der Waals surface area contributed by atoms with Crippen molar-refractivity contribution in [3.05, 3.63) is 11.8 Å². The number of carboxylic acid groups (broad SMARTS) is 2. The Hall–Kier alpha value is -1.52. The molecule has 0 spiro atoms. The van der Waals surface area contributed by atoms with E-state index in [1.807, 2.05) is 0 Å². The number of hydrogen-bond donors (Lipinski definition) is 3. The summed E-state index contributed by atoms with van der Waals surface area (Å²) in [6.45, 7) is 4.96. The normalized spacial score (nSPS) is 14.7. The molecule has 0 fully saturated rings. The van der Waals surface area contributed by atoms with E-state index in [4.69, 9.17) is 15.9 Å². The highest BCUT2D eigenvalue weighted by Crippen LogP contribution is 2.32. The van der Waals surface area contributed by atoms with E-state index in [1.54, 1.807) is 26.8 Å². The molecule has 0 aromatic carbocycles. The Labute approximate surface area is 88.6 Å². The zero-order chi connectivity index (χ0) is 12.2. The Bertz CT molecular complexity index is 290. The van der Waals surface area contributed by atoms with Gasteiger partial charge in [0.05, 0.1) is 12.3 Å². The quantitative estimate of drug-likeness (QED) is 0.636. The van der Waals surface area contributed by atoms with Gasteiger partial charge in [0.1, 0.15) is 0 Å². The lowest BCUT2D eigenvalue weighted by atomic mass is 9.76. The van der Waals surface area contributed by atoms with Crippen molar-refractivity contribution in [2.75, 3.05) is 0 Å². The van der Waals surface area contributed by atoms with Crippen LogP contribution in [0, 0.1) is 11.3 Å². The smallest absolute Gasteiger partial charge is 0.307 e. The maximum Gasteiger partial charge on any atom is 0.307 e. The first kappa shape index (κ1) is 13.5. The maximum absolute atomic E-state index is 10.9. The number of allylic oxidation sites excluding steroid dienone is 2. The van der Waals surface area contributed by atoms with E-state index in [2.05, 4.69) is 0 Å². The topological polar surface area (TPSA) is 101 Å². The molecule has 0 rings (SSSR count). The lowest BCUT2D eigenvalue weighted by Crippen LogP contribution is -2.32. The Kier molecular flexibility index (Phi) is 4.33. The van der Waals surface area contributed by atoms with Crippen LogP contribution in [0.4, 0.5) is 0 Å². The van der Waals surface area contributed by atoms with Gasteiger partial charge in [-0.15, -0.1) is 0 Å². The summed E-state index contributed by atoms with van der Waals surface area (Å²) in [5, 5.41) is 17.6. The third kappa shape index (κ3) is 4.49. The van der Waals surface area contributed by atoms with Gasteiger partial charge in [0.15, 0.2) is 0 Å². The average Bonchev–Trinajstić information content (AvgIpc) is 1.96. The molecular weight excluding hydrogens is 198 g/mol. The molecule has 86 valence electrons. The molecule has 15 heavy (non-hydrogen) atoms. The second-order valence-corrected chi connectivity index (χ2v) is 4.20. The lowest BCUT2D eigenvalue weighted by Gasteiger charge is -2.27. The van der Waals surface area contributed by atoms with Crippen molar-refractivity contribution >= 4 is 11.9 Å². The summed E-state index contributed by atoms with van der Waals surface area (Å²) in [6, 6.07) is 0. The van der Waals surface area contributed by atoms with Crippen LogP contribution in [0.1, 0.15) is 27.2 Å². The summed E-state index contributed by atoms with van der Waals surface area (Å²) < 4.78 is 0. The van der Waals surface area contributed by atoms with Gasteiger partial charge in [-0.3, -0.25) is 9.59 Å². The average molecular weight is 215 g/mol. The summed E-state index contributed by atoms with van der Waals surface area (Å²) in [6.07, 6.45) is 1.17. The molecule has 0 saturated carbocycles. The second-order valence-electron chi connectivity index (χ2n) is 4.20. The fraction of sp³-hybridized carbons (Fsp3) is 0.600. The molecule has 0 aromatic rings. The minimum absolute atomic E-state index is 0.411. The van der Waals surface area contributed by atoms with Gasteiger partial charge in [-0.05, 0) is 12.3 Å². The summed E-state index contributed by atoms with van der Waals surface area (Å²) in [7, 11) is 0. The zero-order valence-corrected chi connectivity index (χ0v) is 9.15. The van der Waals surface area contributed by atoms with Crippen LogP contribution in [-0.4, -0.2) is 22.2 Å². The molecule has 0 bridgehead atoms. The SMILES string of the molecule is C/C(N)=C\C(C)(C)C(CC(=O)O)C(=O)O. The zero-order valence-electron chi connectivity index (χ0n) is 9.15. The molecule has 0 radical (unpaired) electrons. The Morgan fingerprint density at radius 3 is 2.13 bits per heavy atom. The van der Waals surface area contributed by atoms with Gasteiger partial charge in [0.2, 0.25) is 0 Å². The third-order valence-electron chi connectivity index (χ3n) is 2.17. The molecule has 0 aromatic heterocycles. The van der Waals surface area contributed by atoms with Gasteiger partial charge in [0.25, 0.3) is 0 Å². The molecule has 0 aliphatic carbocycles. The second kappa shape index (κ2) is 4.82. The van der Waals surface area contributed by atoms with Gasteiger partial charge in [-0.25, -0.2) is 0 Å². The monoisotopic (exact) mass is 215 g/mol.